The van der Waals surface area contributed by atoms with Crippen LogP contribution in [-0.4, -0.2) is 5.78 Å². The van der Waals surface area contributed by atoms with E-state index in [4.69, 9.17) is 11.5 Å². The Morgan fingerprint density at radius 1 is 0.600 bits per heavy atom. The highest BCUT2D eigenvalue weighted by Crippen LogP contribution is 2.50. The second-order valence-electron chi connectivity index (χ2n) is 5.11. The summed E-state index contributed by atoms with van der Waals surface area (Å²) in [6.45, 7) is 0. The minimum atomic E-state index is -4.94. The lowest BCUT2D eigenvalue weighted by atomic mass is 9.80. The Hall–Kier alpha value is -2.85. The summed E-state index contributed by atoms with van der Waals surface area (Å²) in [6.07, 6.45) is 0. The first-order valence-electron chi connectivity index (χ1n) is 6.29. The van der Waals surface area contributed by atoms with Crippen LogP contribution < -0.4 is 11.5 Å². The van der Waals surface area contributed by atoms with E-state index in [1.165, 1.54) is 0 Å². The molecule has 0 bridgehead atoms. The van der Waals surface area contributed by atoms with Crippen molar-refractivity contribution >= 4 is 17.2 Å². The van der Waals surface area contributed by atoms with Crippen molar-refractivity contribution in [2.24, 2.45) is 0 Å². The molecule has 0 heterocycles. The van der Waals surface area contributed by atoms with E-state index in [1.54, 1.807) is 0 Å². The predicted octanol–water partition coefficient (Wildman–Crippen LogP) is 3.37. The van der Waals surface area contributed by atoms with Crippen LogP contribution in [0.25, 0.3) is 0 Å². The van der Waals surface area contributed by atoms with Crippen molar-refractivity contribution in [3.05, 3.63) is 57.2 Å². The van der Waals surface area contributed by atoms with Gasteiger partial charge in [0, 0.05) is 0 Å². The molecule has 0 atom stereocenters. The zero-order valence-electron chi connectivity index (χ0n) is 11.6. The smallest absolute Gasteiger partial charge is 0.305 e. The van der Waals surface area contributed by atoms with E-state index in [1.807, 2.05) is 0 Å². The molecule has 0 unspecified atom stereocenters. The summed E-state index contributed by atoms with van der Waals surface area (Å²) in [7, 11) is 0. The Balaban J connectivity index is 2.59. The third-order valence-electron chi connectivity index (χ3n) is 3.79. The van der Waals surface area contributed by atoms with Crippen LogP contribution >= 0.6 is 0 Å². The van der Waals surface area contributed by atoms with Gasteiger partial charge in [-0.15, -0.1) is 0 Å². The number of rotatable bonds is 0. The van der Waals surface area contributed by atoms with Gasteiger partial charge in [0.05, 0.1) is 22.3 Å². The molecule has 0 saturated heterocycles. The van der Waals surface area contributed by atoms with Crippen molar-refractivity contribution in [3.63, 3.8) is 0 Å². The summed E-state index contributed by atoms with van der Waals surface area (Å²) >= 11 is 0. The number of carbonyl (C=O) groups is 1. The first-order chi connectivity index (χ1) is 11.4. The molecule has 4 N–H and O–H groups in total. The molecule has 3 nitrogen and oxygen atoms in total. The third-order valence-corrected chi connectivity index (χ3v) is 3.79. The average Bonchev–Trinajstić information content (AvgIpc) is 2.55. The topological polar surface area (TPSA) is 69.1 Å². The number of hydrogen-bond donors (Lipinski definition) is 2. The second-order valence-corrected chi connectivity index (χ2v) is 5.11. The Kier molecular flexibility index (Phi) is 3.28. The zero-order valence-corrected chi connectivity index (χ0v) is 11.6. The van der Waals surface area contributed by atoms with E-state index in [2.05, 4.69) is 0 Å². The van der Waals surface area contributed by atoms with Gasteiger partial charge in [-0.05, 0) is 0 Å². The summed E-state index contributed by atoms with van der Waals surface area (Å²) in [5.41, 5.74) is -1.67. The molecule has 11 heteroatoms. The molecule has 2 aromatic carbocycles. The summed E-state index contributed by atoms with van der Waals surface area (Å²) in [4.78, 5) is 12.1. The van der Waals surface area contributed by atoms with Crippen LogP contribution in [0.15, 0.2) is 0 Å². The molecule has 25 heavy (non-hydrogen) atoms. The maximum atomic E-state index is 14.5. The van der Waals surface area contributed by atoms with Crippen molar-refractivity contribution < 1.29 is 39.9 Å². The third kappa shape index (κ3) is 1.83. The molecule has 0 saturated carbocycles. The number of halogens is 8. The van der Waals surface area contributed by atoms with Crippen molar-refractivity contribution in [2.45, 2.75) is 5.92 Å². The highest BCUT2D eigenvalue weighted by Gasteiger charge is 2.54. The molecule has 1 aliphatic rings. The zero-order chi connectivity index (χ0) is 19.0. The summed E-state index contributed by atoms with van der Waals surface area (Å²) in [6, 6.07) is 0. The maximum absolute atomic E-state index is 14.5. The highest BCUT2D eigenvalue weighted by atomic mass is 19.3. The minimum Gasteiger partial charge on any atom is -0.394 e. The van der Waals surface area contributed by atoms with Gasteiger partial charge in [0.25, 0.3) is 0 Å². The minimum absolute atomic E-state index is 1.62. The van der Waals surface area contributed by atoms with Crippen LogP contribution in [0.1, 0.15) is 27.0 Å². The second kappa shape index (κ2) is 4.83. The molecular formula is C14H4F8N2O. The molecule has 2 aromatic rings. The molecule has 132 valence electrons. The monoisotopic (exact) mass is 368 g/mol. The first-order valence-corrected chi connectivity index (χ1v) is 6.29. The fourth-order valence-corrected chi connectivity index (χ4v) is 2.62. The Morgan fingerprint density at radius 2 is 1.00 bits per heavy atom. The SMILES string of the molecule is Nc1c(F)c(F)c2c(c1F)C(=O)c1c(F)c(F)c(N)c(F)c1C2(F)F. The van der Waals surface area contributed by atoms with Gasteiger partial charge in [-0.3, -0.25) is 4.79 Å². The van der Waals surface area contributed by atoms with Gasteiger partial charge in [0.2, 0.25) is 0 Å². The van der Waals surface area contributed by atoms with E-state index in [0.29, 0.717) is 0 Å². The van der Waals surface area contributed by atoms with Crippen molar-refractivity contribution in [2.75, 3.05) is 11.5 Å². The van der Waals surface area contributed by atoms with Gasteiger partial charge < -0.3 is 11.5 Å². The van der Waals surface area contributed by atoms with Crippen molar-refractivity contribution in [1.82, 2.24) is 0 Å². The predicted molar refractivity (Wildman–Crippen MR) is 67.9 cm³/mol. The number of anilines is 2. The first kappa shape index (κ1) is 17.0. The van der Waals surface area contributed by atoms with Crippen LogP contribution in [-0.2, 0) is 5.92 Å². The molecule has 0 aromatic heterocycles. The van der Waals surface area contributed by atoms with Crippen molar-refractivity contribution in [3.8, 4) is 0 Å². The van der Waals surface area contributed by atoms with Crippen LogP contribution in [0, 0.1) is 34.9 Å². The summed E-state index contributed by atoms with van der Waals surface area (Å²) in [5.74, 6) is -20.5. The normalized spacial score (nSPS) is 15.1. The van der Waals surface area contributed by atoms with Gasteiger partial charge in [-0.2, -0.15) is 8.78 Å². The average molecular weight is 368 g/mol. The van der Waals surface area contributed by atoms with Crippen LogP contribution in [0.5, 0.6) is 0 Å². The standard InChI is InChI=1S/C14H4F8N2O/c15-5-1-4(8(18)12(24)9(5)19)14(21,22)3-2(13(1)25)6(16)11(23)10(20)7(3)17/h23-24H2. The fourth-order valence-electron chi connectivity index (χ4n) is 2.62. The lowest BCUT2D eigenvalue weighted by Gasteiger charge is -2.29. The fraction of sp³-hybridized carbons (Fsp3) is 0.0714. The number of benzene rings is 2. The molecule has 0 radical (unpaired) electrons. The highest BCUT2D eigenvalue weighted by molar-refractivity contribution is 6.14. The number of ketones is 1. The molecule has 3 rings (SSSR count). The van der Waals surface area contributed by atoms with Crippen LogP contribution in [0.4, 0.5) is 46.5 Å². The van der Waals surface area contributed by atoms with Crippen LogP contribution in [0.3, 0.4) is 0 Å². The van der Waals surface area contributed by atoms with Gasteiger partial charge in [-0.1, -0.05) is 0 Å². The summed E-state index contributed by atoms with van der Waals surface area (Å²) in [5, 5.41) is 0. The molecule has 0 aliphatic heterocycles. The van der Waals surface area contributed by atoms with E-state index in [0.717, 1.165) is 0 Å². The Bertz CT molecular complexity index is 911. The van der Waals surface area contributed by atoms with Crippen molar-refractivity contribution in [1.29, 1.82) is 0 Å². The van der Waals surface area contributed by atoms with E-state index < -0.39 is 80.2 Å². The van der Waals surface area contributed by atoms with Gasteiger partial charge in [0.1, 0.15) is 11.4 Å². The Labute approximate surface area is 132 Å². The van der Waals surface area contributed by atoms with E-state index in [-0.39, 0.29) is 0 Å². The molecule has 0 fully saturated rings. The number of hydrogen-bond acceptors (Lipinski definition) is 3. The Morgan fingerprint density at radius 3 is 1.56 bits per heavy atom. The largest absolute Gasteiger partial charge is 0.394 e. The number of alkyl halides is 2. The quantitative estimate of drug-likeness (QED) is 0.426. The van der Waals surface area contributed by atoms with Gasteiger partial charge >= 0.3 is 5.92 Å². The van der Waals surface area contributed by atoms with Gasteiger partial charge in [-0.25, -0.2) is 26.3 Å². The summed E-state index contributed by atoms with van der Waals surface area (Å²) < 4.78 is 112. The number of nitrogens with two attached hydrogens (primary N) is 2. The number of fused-ring (bicyclic) bond motifs is 2. The van der Waals surface area contributed by atoms with Gasteiger partial charge in [0.15, 0.2) is 40.7 Å². The maximum Gasteiger partial charge on any atom is 0.305 e. The lowest BCUT2D eigenvalue weighted by Crippen LogP contribution is -2.34. The van der Waals surface area contributed by atoms with E-state index >= 15 is 0 Å². The lowest BCUT2D eigenvalue weighted by molar-refractivity contribution is 0.0281. The van der Waals surface area contributed by atoms with Crippen LogP contribution in [0.2, 0.25) is 0 Å². The number of nitrogen functional groups attached to an aromatic ring is 2. The number of carbonyl (C=O) groups excluding carboxylic acids is 1. The molecule has 0 spiro atoms. The molecule has 0 amide bonds. The molecular weight excluding hydrogens is 364 g/mol. The van der Waals surface area contributed by atoms with E-state index in [9.17, 15) is 39.9 Å². The molecule has 1 aliphatic carbocycles.